The van der Waals surface area contributed by atoms with E-state index in [1.165, 1.54) is 24.3 Å². The van der Waals surface area contributed by atoms with E-state index in [2.05, 4.69) is 10.4 Å². The molecular formula is C12H10N4O4S. The Kier molecular flexibility index (Phi) is 4.03. The number of nitrogens with zero attached hydrogens (tertiary/aromatic N) is 3. The number of non-ortho nitro benzene ring substituents is 1. The van der Waals surface area contributed by atoms with E-state index < -0.39 is 16.7 Å². The van der Waals surface area contributed by atoms with Gasteiger partial charge in [-0.1, -0.05) is 0 Å². The number of nitro groups is 1. The Morgan fingerprint density at radius 1 is 1.38 bits per heavy atom. The third kappa shape index (κ3) is 3.26. The first-order valence-corrected chi connectivity index (χ1v) is 6.26. The maximum Gasteiger partial charge on any atom is 0.269 e. The van der Waals surface area contributed by atoms with Gasteiger partial charge in [0.15, 0.2) is 0 Å². The number of amides is 2. The molecule has 0 bridgehead atoms. The van der Waals surface area contributed by atoms with Crippen LogP contribution in [0.4, 0.5) is 5.69 Å². The van der Waals surface area contributed by atoms with Crippen LogP contribution in [0.15, 0.2) is 29.4 Å². The van der Waals surface area contributed by atoms with Crippen LogP contribution in [0.3, 0.4) is 0 Å². The Morgan fingerprint density at radius 2 is 2.00 bits per heavy atom. The summed E-state index contributed by atoms with van der Waals surface area (Å²) in [5.74, 6) is -0.991. The number of rotatable bonds is 3. The number of thiocarbonyl (C=S) groups is 1. The van der Waals surface area contributed by atoms with Crippen LogP contribution in [-0.2, 0) is 9.59 Å². The molecule has 1 fully saturated rings. The van der Waals surface area contributed by atoms with Gasteiger partial charge >= 0.3 is 0 Å². The summed E-state index contributed by atoms with van der Waals surface area (Å²) in [4.78, 5) is 32.9. The molecule has 8 nitrogen and oxygen atoms in total. The van der Waals surface area contributed by atoms with E-state index in [4.69, 9.17) is 12.2 Å². The topological polar surface area (TPSA) is 105 Å². The van der Waals surface area contributed by atoms with Crippen molar-refractivity contribution >= 4 is 40.5 Å². The molecule has 2 amide bonds. The van der Waals surface area contributed by atoms with Crippen molar-refractivity contribution in [2.75, 3.05) is 0 Å². The Bertz CT molecular complexity index is 648. The second-order valence-corrected chi connectivity index (χ2v) is 4.61. The number of nitrogens with one attached hydrogen (secondary N) is 1. The van der Waals surface area contributed by atoms with Gasteiger partial charge < -0.3 is 5.32 Å². The predicted octanol–water partition coefficient (Wildman–Crippen LogP) is 0.952. The number of hydrazone groups is 1. The lowest BCUT2D eigenvalue weighted by Gasteiger charge is -2.23. The van der Waals surface area contributed by atoms with Crippen LogP contribution in [-0.4, -0.2) is 32.6 Å². The molecule has 21 heavy (non-hydrogen) atoms. The van der Waals surface area contributed by atoms with E-state index in [1.54, 1.807) is 6.92 Å². The number of carbonyl (C=O) groups is 2. The van der Waals surface area contributed by atoms with Gasteiger partial charge in [-0.3, -0.25) is 19.7 Å². The van der Waals surface area contributed by atoms with E-state index >= 15 is 0 Å². The molecule has 0 spiro atoms. The highest BCUT2D eigenvalue weighted by Crippen LogP contribution is 2.13. The summed E-state index contributed by atoms with van der Waals surface area (Å²) in [6.45, 7) is 1.63. The van der Waals surface area contributed by atoms with Gasteiger partial charge in [-0.05, 0) is 36.8 Å². The molecule has 2 rings (SSSR count). The van der Waals surface area contributed by atoms with Crippen molar-refractivity contribution in [2.24, 2.45) is 5.10 Å². The zero-order chi connectivity index (χ0) is 15.6. The average Bonchev–Trinajstić information content (AvgIpc) is 2.42. The van der Waals surface area contributed by atoms with Crippen molar-refractivity contribution < 1.29 is 14.5 Å². The Balaban J connectivity index is 2.24. The molecule has 0 unspecified atom stereocenters. The number of carbonyl (C=O) groups excluding carboxylic acids is 2. The Hall–Kier alpha value is -2.68. The van der Waals surface area contributed by atoms with Crippen LogP contribution in [0.25, 0.3) is 0 Å². The monoisotopic (exact) mass is 306 g/mol. The van der Waals surface area contributed by atoms with Crippen molar-refractivity contribution in [3.63, 3.8) is 0 Å². The number of nitro benzene ring substituents is 1. The van der Waals surface area contributed by atoms with E-state index in [1.807, 2.05) is 0 Å². The van der Waals surface area contributed by atoms with Crippen molar-refractivity contribution in [1.82, 2.24) is 10.3 Å². The van der Waals surface area contributed by atoms with Crippen LogP contribution < -0.4 is 5.32 Å². The lowest BCUT2D eigenvalue weighted by atomic mass is 10.1. The lowest BCUT2D eigenvalue weighted by Crippen LogP contribution is -2.50. The van der Waals surface area contributed by atoms with E-state index in [-0.39, 0.29) is 17.2 Å². The van der Waals surface area contributed by atoms with Gasteiger partial charge in [0.1, 0.15) is 6.42 Å². The summed E-state index contributed by atoms with van der Waals surface area (Å²) in [6.07, 6.45) is -0.322. The van der Waals surface area contributed by atoms with Crippen molar-refractivity contribution in [3.8, 4) is 0 Å². The minimum absolute atomic E-state index is 0.0385. The molecule has 1 aliphatic heterocycles. The fourth-order valence-corrected chi connectivity index (χ4v) is 1.93. The molecule has 108 valence electrons. The molecule has 1 aromatic carbocycles. The first kappa shape index (κ1) is 14.7. The fourth-order valence-electron chi connectivity index (χ4n) is 1.68. The quantitative estimate of drug-likeness (QED) is 0.294. The maximum atomic E-state index is 11.7. The van der Waals surface area contributed by atoms with Crippen LogP contribution in [0.1, 0.15) is 18.9 Å². The van der Waals surface area contributed by atoms with Crippen LogP contribution in [0.2, 0.25) is 0 Å². The van der Waals surface area contributed by atoms with Crippen LogP contribution >= 0.6 is 12.2 Å². The highest BCUT2D eigenvalue weighted by atomic mass is 32.1. The molecule has 0 aromatic heterocycles. The standard InChI is InChI=1S/C12H10N4O4S/c1-7(8-2-4-9(5-3-8)16(19)20)14-15-11(18)6-10(17)13-12(15)21/h2-5H,6H2,1H3,(H,13,17,21)/b14-7-. The molecule has 1 heterocycles. The van der Waals surface area contributed by atoms with Crippen molar-refractivity contribution in [3.05, 3.63) is 39.9 Å². The van der Waals surface area contributed by atoms with E-state index in [9.17, 15) is 19.7 Å². The zero-order valence-corrected chi connectivity index (χ0v) is 11.7. The van der Waals surface area contributed by atoms with Gasteiger partial charge in [-0.15, -0.1) is 0 Å². The van der Waals surface area contributed by atoms with Crippen LogP contribution in [0.5, 0.6) is 0 Å². The molecule has 1 aliphatic rings. The van der Waals surface area contributed by atoms with E-state index in [0.29, 0.717) is 11.3 Å². The van der Waals surface area contributed by atoms with Gasteiger partial charge in [0.05, 0.1) is 10.6 Å². The average molecular weight is 306 g/mol. The highest BCUT2D eigenvalue weighted by molar-refractivity contribution is 7.80. The summed E-state index contributed by atoms with van der Waals surface area (Å²) in [6, 6.07) is 5.72. The molecular weight excluding hydrogens is 296 g/mol. The van der Waals surface area contributed by atoms with Gasteiger partial charge in [-0.25, -0.2) is 0 Å². The largest absolute Gasteiger partial charge is 0.301 e. The third-order valence-corrected chi connectivity index (χ3v) is 3.01. The summed E-state index contributed by atoms with van der Waals surface area (Å²) in [7, 11) is 0. The van der Waals surface area contributed by atoms with Gasteiger partial charge in [-0.2, -0.15) is 10.1 Å². The highest BCUT2D eigenvalue weighted by Gasteiger charge is 2.28. The summed E-state index contributed by atoms with van der Waals surface area (Å²) < 4.78 is 0. The molecule has 0 saturated carbocycles. The molecule has 9 heteroatoms. The third-order valence-electron chi connectivity index (χ3n) is 2.73. The zero-order valence-electron chi connectivity index (χ0n) is 10.9. The molecule has 0 aliphatic carbocycles. The Labute approximate surface area is 124 Å². The van der Waals surface area contributed by atoms with Gasteiger partial charge in [0, 0.05) is 12.1 Å². The Morgan fingerprint density at radius 3 is 2.52 bits per heavy atom. The first-order chi connectivity index (χ1) is 9.88. The number of benzene rings is 1. The summed E-state index contributed by atoms with van der Waals surface area (Å²) >= 11 is 4.88. The second kappa shape index (κ2) is 5.75. The minimum atomic E-state index is -0.523. The fraction of sp³-hybridized carbons (Fsp3) is 0.167. The van der Waals surface area contributed by atoms with Crippen molar-refractivity contribution in [2.45, 2.75) is 13.3 Å². The molecule has 0 radical (unpaired) electrons. The van der Waals surface area contributed by atoms with E-state index in [0.717, 1.165) is 5.01 Å². The van der Waals surface area contributed by atoms with Crippen molar-refractivity contribution in [1.29, 1.82) is 0 Å². The number of hydrogen-bond donors (Lipinski definition) is 1. The smallest absolute Gasteiger partial charge is 0.269 e. The second-order valence-electron chi connectivity index (χ2n) is 4.23. The predicted molar refractivity (Wildman–Crippen MR) is 77.5 cm³/mol. The lowest BCUT2D eigenvalue weighted by molar-refractivity contribution is -0.384. The molecule has 1 aromatic rings. The minimum Gasteiger partial charge on any atom is -0.301 e. The molecule has 1 saturated heterocycles. The normalized spacial score (nSPS) is 16.0. The summed E-state index contributed by atoms with van der Waals surface area (Å²) in [5.41, 5.74) is 1.01. The first-order valence-electron chi connectivity index (χ1n) is 5.85. The van der Waals surface area contributed by atoms with Gasteiger partial charge in [0.2, 0.25) is 11.0 Å². The van der Waals surface area contributed by atoms with Gasteiger partial charge in [0.25, 0.3) is 11.6 Å². The summed E-state index contributed by atoms with van der Waals surface area (Å²) in [5, 5.41) is 17.8. The number of hydrogen-bond acceptors (Lipinski definition) is 6. The SMILES string of the molecule is C/C(=N/N1C(=O)CC(=O)NC1=S)c1ccc([N+](=O)[O-])cc1. The van der Waals surface area contributed by atoms with Crippen LogP contribution in [0, 0.1) is 10.1 Å². The molecule has 0 atom stereocenters. The maximum absolute atomic E-state index is 11.7. The molecule has 1 N–H and O–H groups in total.